The van der Waals surface area contributed by atoms with Gasteiger partial charge in [-0.2, -0.15) is 0 Å². The molecule has 0 radical (unpaired) electrons. The fourth-order valence-electron chi connectivity index (χ4n) is 4.55. The zero-order valence-electron chi connectivity index (χ0n) is 17.9. The van der Waals surface area contributed by atoms with Gasteiger partial charge in [-0.15, -0.1) is 11.3 Å². The van der Waals surface area contributed by atoms with E-state index in [1.165, 1.54) is 16.9 Å². The summed E-state index contributed by atoms with van der Waals surface area (Å²) in [6.45, 7) is 9.10. The van der Waals surface area contributed by atoms with Crippen molar-refractivity contribution in [3.05, 3.63) is 62.7 Å². The van der Waals surface area contributed by atoms with Crippen molar-refractivity contribution in [1.82, 2.24) is 4.98 Å². The highest BCUT2D eigenvalue weighted by molar-refractivity contribution is 7.17. The Balaban J connectivity index is 2.00. The first-order valence-corrected chi connectivity index (χ1v) is 11.4. The Labute approximate surface area is 185 Å². The minimum absolute atomic E-state index is 0.114. The number of hydrogen-bond donors (Lipinski definition) is 1. The maximum atomic E-state index is 12.5. The Morgan fingerprint density at radius 2 is 1.87 bits per heavy atom. The molecule has 0 aliphatic carbocycles. The molecule has 0 saturated carbocycles. The lowest BCUT2D eigenvalue weighted by Crippen LogP contribution is -2.17. The van der Waals surface area contributed by atoms with Gasteiger partial charge in [0.05, 0.1) is 17.6 Å². The number of rotatable bonds is 4. The van der Waals surface area contributed by atoms with Crippen molar-refractivity contribution >= 4 is 43.9 Å². The molecule has 156 valence electrons. The molecular weight excluding hydrogens is 414 g/mol. The maximum absolute atomic E-state index is 12.5. The van der Waals surface area contributed by atoms with Gasteiger partial charge in [0, 0.05) is 22.4 Å². The third-order valence-electron chi connectivity index (χ3n) is 5.90. The first-order valence-electron chi connectivity index (χ1n) is 10.2. The molecule has 2 heterocycles. The maximum Gasteiger partial charge on any atom is 0.266 e. The molecule has 4 aromatic rings. The highest BCUT2D eigenvalue weighted by atomic mass is 35.5. The second-order valence-electron chi connectivity index (χ2n) is 8.75. The zero-order valence-corrected chi connectivity index (χ0v) is 19.5. The van der Waals surface area contributed by atoms with Crippen LogP contribution in [0.5, 0.6) is 5.75 Å². The SMILES string of the molecule is CCC(c1ccc(-c2c(OC)cc(Cl)c3[nH]c(=O)c4sccc4c23)cc1)C(C)(C)C. The molecule has 0 amide bonds. The number of benzene rings is 2. The van der Waals surface area contributed by atoms with E-state index in [-0.39, 0.29) is 11.0 Å². The van der Waals surface area contributed by atoms with E-state index in [0.29, 0.717) is 26.9 Å². The number of thiophene rings is 1. The molecule has 1 unspecified atom stereocenters. The van der Waals surface area contributed by atoms with E-state index in [4.69, 9.17) is 16.3 Å². The molecule has 0 saturated heterocycles. The summed E-state index contributed by atoms with van der Waals surface area (Å²) in [6, 6.07) is 12.5. The number of ether oxygens (including phenoxy) is 1. The van der Waals surface area contributed by atoms with Crippen LogP contribution >= 0.6 is 22.9 Å². The first kappa shape index (κ1) is 21.0. The molecular formula is C25H26ClNO2S. The lowest BCUT2D eigenvalue weighted by Gasteiger charge is -2.30. The molecule has 0 spiro atoms. The summed E-state index contributed by atoms with van der Waals surface area (Å²) >= 11 is 7.97. The van der Waals surface area contributed by atoms with Crippen molar-refractivity contribution in [2.75, 3.05) is 7.11 Å². The summed E-state index contributed by atoms with van der Waals surface area (Å²) in [6.07, 6.45) is 1.09. The van der Waals surface area contributed by atoms with Crippen LogP contribution in [0.1, 0.15) is 45.6 Å². The Morgan fingerprint density at radius 1 is 1.17 bits per heavy atom. The molecule has 4 rings (SSSR count). The van der Waals surface area contributed by atoms with Crippen LogP contribution in [-0.4, -0.2) is 12.1 Å². The number of aromatic nitrogens is 1. The van der Waals surface area contributed by atoms with Crippen molar-refractivity contribution in [3.63, 3.8) is 0 Å². The fraction of sp³-hybridized carbons (Fsp3) is 0.320. The van der Waals surface area contributed by atoms with E-state index >= 15 is 0 Å². The number of aromatic amines is 1. The van der Waals surface area contributed by atoms with Crippen LogP contribution in [0.25, 0.3) is 32.1 Å². The Kier molecular flexibility index (Phi) is 5.41. The molecule has 5 heteroatoms. The highest BCUT2D eigenvalue weighted by Crippen LogP contribution is 2.44. The van der Waals surface area contributed by atoms with Crippen LogP contribution in [0.15, 0.2) is 46.6 Å². The lowest BCUT2D eigenvalue weighted by atomic mass is 9.75. The smallest absolute Gasteiger partial charge is 0.266 e. The Hall–Kier alpha value is -2.30. The van der Waals surface area contributed by atoms with Crippen LogP contribution in [0.3, 0.4) is 0 Å². The summed E-state index contributed by atoms with van der Waals surface area (Å²) in [5.41, 5.74) is 4.06. The second kappa shape index (κ2) is 7.75. The number of fused-ring (bicyclic) bond motifs is 3. The van der Waals surface area contributed by atoms with Gasteiger partial charge in [0.25, 0.3) is 5.56 Å². The minimum Gasteiger partial charge on any atom is -0.496 e. The van der Waals surface area contributed by atoms with Crippen LogP contribution in [-0.2, 0) is 0 Å². The number of H-pyrrole nitrogens is 1. The monoisotopic (exact) mass is 439 g/mol. The van der Waals surface area contributed by atoms with Crippen molar-refractivity contribution in [2.45, 2.75) is 40.0 Å². The highest BCUT2D eigenvalue weighted by Gasteiger charge is 2.25. The predicted molar refractivity (Wildman–Crippen MR) is 129 cm³/mol. The lowest BCUT2D eigenvalue weighted by molar-refractivity contribution is 0.312. The largest absolute Gasteiger partial charge is 0.496 e. The van der Waals surface area contributed by atoms with E-state index < -0.39 is 0 Å². The average Bonchev–Trinajstić information content (AvgIpc) is 3.19. The Morgan fingerprint density at radius 3 is 2.47 bits per heavy atom. The van der Waals surface area contributed by atoms with Gasteiger partial charge in [-0.1, -0.05) is 63.6 Å². The average molecular weight is 440 g/mol. The van der Waals surface area contributed by atoms with E-state index in [0.717, 1.165) is 28.3 Å². The molecule has 0 aliphatic heterocycles. The molecule has 0 aliphatic rings. The number of pyridine rings is 1. The summed E-state index contributed by atoms with van der Waals surface area (Å²) in [4.78, 5) is 15.5. The van der Waals surface area contributed by atoms with Crippen molar-refractivity contribution in [2.24, 2.45) is 5.41 Å². The van der Waals surface area contributed by atoms with Crippen molar-refractivity contribution in [3.8, 4) is 16.9 Å². The number of halogens is 1. The van der Waals surface area contributed by atoms with Gasteiger partial charge >= 0.3 is 0 Å². The number of nitrogens with one attached hydrogen (secondary N) is 1. The van der Waals surface area contributed by atoms with Crippen molar-refractivity contribution < 1.29 is 4.74 Å². The van der Waals surface area contributed by atoms with Crippen LogP contribution in [0.2, 0.25) is 5.02 Å². The van der Waals surface area contributed by atoms with Gasteiger partial charge < -0.3 is 9.72 Å². The number of methoxy groups -OCH3 is 1. The van der Waals surface area contributed by atoms with E-state index in [2.05, 4.69) is 56.9 Å². The van der Waals surface area contributed by atoms with Crippen LogP contribution < -0.4 is 10.3 Å². The van der Waals surface area contributed by atoms with Crippen LogP contribution in [0.4, 0.5) is 0 Å². The van der Waals surface area contributed by atoms with Gasteiger partial charge in [-0.3, -0.25) is 4.79 Å². The van der Waals surface area contributed by atoms with Crippen LogP contribution in [0, 0.1) is 5.41 Å². The topological polar surface area (TPSA) is 42.1 Å². The van der Waals surface area contributed by atoms with Gasteiger partial charge in [0.15, 0.2) is 0 Å². The summed E-state index contributed by atoms with van der Waals surface area (Å²) in [7, 11) is 1.65. The molecule has 0 bridgehead atoms. The van der Waals surface area contributed by atoms with Crippen molar-refractivity contribution in [1.29, 1.82) is 0 Å². The van der Waals surface area contributed by atoms with E-state index in [9.17, 15) is 4.79 Å². The van der Waals surface area contributed by atoms with Gasteiger partial charge in [-0.25, -0.2) is 0 Å². The van der Waals surface area contributed by atoms with E-state index in [1.807, 2.05) is 11.4 Å². The van der Waals surface area contributed by atoms with Gasteiger partial charge in [-0.05, 0) is 40.3 Å². The number of hydrogen-bond acceptors (Lipinski definition) is 3. The normalized spacial score (nSPS) is 13.1. The summed E-state index contributed by atoms with van der Waals surface area (Å²) in [5.74, 6) is 1.18. The summed E-state index contributed by atoms with van der Waals surface area (Å²) < 4.78 is 6.42. The third-order valence-corrected chi connectivity index (χ3v) is 7.11. The molecule has 3 nitrogen and oxygen atoms in total. The first-order chi connectivity index (χ1) is 14.3. The minimum atomic E-state index is -0.114. The fourth-order valence-corrected chi connectivity index (χ4v) is 5.58. The van der Waals surface area contributed by atoms with Gasteiger partial charge in [0.2, 0.25) is 0 Å². The molecule has 2 aromatic heterocycles. The molecule has 1 N–H and O–H groups in total. The molecule has 0 fully saturated rings. The second-order valence-corrected chi connectivity index (χ2v) is 10.1. The third kappa shape index (κ3) is 3.42. The molecule has 1 atom stereocenters. The predicted octanol–water partition coefficient (Wildman–Crippen LogP) is 7.61. The van der Waals surface area contributed by atoms with E-state index in [1.54, 1.807) is 13.2 Å². The standard InChI is InChI=1S/C25H26ClNO2S/c1-6-17(25(2,3)4)14-7-9-15(10-8-14)20-19(29-5)13-18(26)22-21(20)16-11-12-30-23(16)24(28)27-22/h7-13,17H,6H2,1-5H3,(H,27,28). The quantitative estimate of drug-likeness (QED) is 0.355. The summed E-state index contributed by atoms with van der Waals surface area (Å²) in [5, 5.41) is 4.24. The molecule has 2 aromatic carbocycles. The zero-order chi connectivity index (χ0) is 21.6. The van der Waals surface area contributed by atoms with Gasteiger partial charge in [0.1, 0.15) is 10.4 Å². The Bertz CT molecular complexity index is 1280. The molecule has 30 heavy (non-hydrogen) atoms.